The number of sulfonamides is 1. The minimum atomic E-state index is -3.28. The third kappa shape index (κ3) is 4.06. The van der Waals surface area contributed by atoms with Gasteiger partial charge in [0.1, 0.15) is 0 Å². The molecule has 1 aromatic carbocycles. The van der Waals surface area contributed by atoms with Crippen molar-refractivity contribution in [3.63, 3.8) is 0 Å². The van der Waals surface area contributed by atoms with Gasteiger partial charge in [0.2, 0.25) is 10.0 Å². The van der Waals surface area contributed by atoms with Crippen molar-refractivity contribution in [3.05, 3.63) is 29.8 Å². The third-order valence-electron chi connectivity index (χ3n) is 4.11. The zero-order valence-corrected chi connectivity index (χ0v) is 13.4. The maximum atomic E-state index is 12.4. The van der Waals surface area contributed by atoms with Gasteiger partial charge in [0.25, 0.3) is 0 Å². The van der Waals surface area contributed by atoms with Crippen molar-refractivity contribution in [1.82, 2.24) is 0 Å². The maximum Gasteiger partial charge on any atom is 0.232 e. The fourth-order valence-corrected chi connectivity index (χ4v) is 4.09. The second-order valence-corrected chi connectivity index (χ2v) is 7.72. The molecule has 1 aliphatic rings. The monoisotopic (exact) mass is 309 g/mol. The van der Waals surface area contributed by atoms with Gasteiger partial charge in [-0.2, -0.15) is 0 Å². The Bertz CT molecular complexity index is 592. The Kier molecular flexibility index (Phi) is 5.04. The smallest absolute Gasteiger partial charge is 0.232 e. The Labute approximate surface area is 127 Å². The molecule has 0 saturated heterocycles. The summed E-state index contributed by atoms with van der Waals surface area (Å²) in [6.45, 7) is 3.95. The van der Waals surface area contributed by atoms with Crippen LogP contribution in [0.2, 0.25) is 0 Å². The quantitative estimate of drug-likeness (QED) is 0.819. The standard InChI is InChI=1S/C16H23NO3S/c1-3-11-21(19,20)17-14-9-7-13(8-10-14)16(18)15-6-4-5-12(15)2/h7-10,12,15,17H,3-6,11H2,1-2H3. The summed E-state index contributed by atoms with van der Waals surface area (Å²) in [6.07, 6.45) is 3.77. The van der Waals surface area contributed by atoms with Crippen LogP contribution in [0, 0.1) is 11.8 Å². The minimum absolute atomic E-state index is 0.104. The molecule has 2 rings (SSSR count). The molecule has 0 bridgehead atoms. The summed E-state index contributed by atoms with van der Waals surface area (Å²) < 4.78 is 25.9. The summed E-state index contributed by atoms with van der Waals surface area (Å²) in [5.41, 5.74) is 1.19. The van der Waals surface area contributed by atoms with Crippen molar-refractivity contribution in [2.75, 3.05) is 10.5 Å². The van der Waals surface area contributed by atoms with Crippen molar-refractivity contribution in [1.29, 1.82) is 0 Å². The Morgan fingerprint density at radius 1 is 1.24 bits per heavy atom. The molecule has 0 amide bonds. The Hall–Kier alpha value is -1.36. The first-order valence-corrected chi connectivity index (χ1v) is 9.23. The molecule has 1 N–H and O–H groups in total. The summed E-state index contributed by atoms with van der Waals surface area (Å²) in [4.78, 5) is 12.4. The molecule has 2 unspecified atom stereocenters. The lowest BCUT2D eigenvalue weighted by Gasteiger charge is -2.14. The molecule has 0 spiro atoms. The Morgan fingerprint density at radius 2 is 1.90 bits per heavy atom. The Balaban J connectivity index is 2.07. The van der Waals surface area contributed by atoms with Crippen LogP contribution >= 0.6 is 0 Å². The number of rotatable bonds is 6. The molecule has 1 aliphatic carbocycles. The van der Waals surface area contributed by atoms with E-state index in [0.29, 0.717) is 23.6 Å². The molecule has 1 fully saturated rings. The van der Waals surface area contributed by atoms with Gasteiger partial charge in [0.05, 0.1) is 5.75 Å². The van der Waals surface area contributed by atoms with Gasteiger partial charge in [-0.05, 0) is 49.4 Å². The van der Waals surface area contributed by atoms with Gasteiger partial charge in [-0.25, -0.2) is 8.42 Å². The zero-order chi connectivity index (χ0) is 15.5. The van der Waals surface area contributed by atoms with Crippen molar-refractivity contribution in [2.45, 2.75) is 39.5 Å². The van der Waals surface area contributed by atoms with Gasteiger partial charge in [-0.15, -0.1) is 0 Å². The largest absolute Gasteiger partial charge is 0.294 e. The lowest BCUT2D eigenvalue weighted by atomic mass is 9.89. The molecule has 116 valence electrons. The van der Waals surface area contributed by atoms with E-state index in [0.717, 1.165) is 19.3 Å². The van der Waals surface area contributed by atoms with Crippen LogP contribution in [0.3, 0.4) is 0 Å². The number of carbonyl (C=O) groups excluding carboxylic acids is 1. The van der Waals surface area contributed by atoms with E-state index in [1.807, 2.05) is 6.92 Å². The number of carbonyl (C=O) groups is 1. The third-order valence-corrected chi connectivity index (χ3v) is 5.61. The van der Waals surface area contributed by atoms with Gasteiger partial charge in [-0.1, -0.05) is 20.3 Å². The van der Waals surface area contributed by atoms with Crippen LogP contribution in [-0.4, -0.2) is 20.0 Å². The molecule has 0 heterocycles. The van der Waals surface area contributed by atoms with Crippen LogP contribution in [0.15, 0.2) is 24.3 Å². The van der Waals surface area contributed by atoms with E-state index >= 15 is 0 Å². The number of nitrogens with one attached hydrogen (secondary N) is 1. The maximum absolute atomic E-state index is 12.4. The summed E-state index contributed by atoms with van der Waals surface area (Å²) in [5.74, 6) is 0.851. The number of anilines is 1. The van der Waals surface area contributed by atoms with E-state index in [-0.39, 0.29) is 17.5 Å². The first-order valence-electron chi connectivity index (χ1n) is 7.57. The molecular formula is C16H23NO3S. The van der Waals surface area contributed by atoms with Gasteiger partial charge >= 0.3 is 0 Å². The van der Waals surface area contributed by atoms with Crippen molar-refractivity contribution >= 4 is 21.5 Å². The molecule has 0 aliphatic heterocycles. The number of Topliss-reactive ketones (excluding diaryl/α,β-unsaturated/α-hetero) is 1. The summed E-state index contributed by atoms with van der Waals surface area (Å²) in [6, 6.07) is 6.77. The SMILES string of the molecule is CCCS(=O)(=O)Nc1ccc(C(=O)C2CCCC2C)cc1. The van der Waals surface area contributed by atoms with Crippen LogP contribution in [0.25, 0.3) is 0 Å². The molecular weight excluding hydrogens is 286 g/mol. The van der Waals surface area contributed by atoms with Crippen LogP contribution in [0.4, 0.5) is 5.69 Å². The number of benzene rings is 1. The number of hydrogen-bond donors (Lipinski definition) is 1. The number of ketones is 1. The van der Waals surface area contributed by atoms with E-state index in [1.165, 1.54) is 0 Å². The summed E-state index contributed by atoms with van der Waals surface area (Å²) in [5, 5.41) is 0. The number of hydrogen-bond acceptors (Lipinski definition) is 3. The average molecular weight is 309 g/mol. The molecule has 5 heteroatoms. The molecule has 0 aromatic heterocycles. The van der Waals surface area contributed by atoms with Gasteiger partial charge in [-0.3, -0.25) is 9.52 Å². The first kappa shape index (κ1) is 16.0. The first-order chi connectivity index (χ1) is 9.93. The highest BCUT2D eigenvalue weighted by Crippen LogP contribution is 2.33. The van der Waals surface area contributed by atoms with E-state index < -0.39 is 10.0 Å². The Morgan fingerprint density at radius 3 is 2.43 bits per heavy atom. The van der Waals surface area contributed by atoms with E-state index in [4.69, 9.17) is 0 Å². The lowest BCUT2D eigenvalue weighted by molar-refractivity contribution is 0.0897. The molecule has 1 aromatic rings. The molecule has 1 saturated carbocycles. The van der Waals surface area contributed by atoms with E-state index in [2.05, 4.69) is 11.6 Å². The summed E-state index contributed by atoms with van der Waals surface area (Å²) in [7, 11) is -3.28. The molecule has 4 nitrogen and oxygen atoms in total. The topological polar surface area (TPSA) is 63.2 Å². The summed E-state index contributed by atoms with van der Waals surface area (Å²) >= 11 is 0. The van der Waals surface area contributed by atoms with Gasteiger partial charge < -0.3 is 0 Å². The average Bonchev–Trinajstić information content (AvgIpc) is 2.84. The highest BCUT2D eigenvalue weighted by molar-refractivity contribution is 7.92. The predicted molar refractivity (Wildman–Crippen MR) is 85.0 cm³/mol. The fourth-order valence-electron chi connectivity index (χ4n) is 2.95. The van der Waals surface area contributed by atoms with Crippen LogP contribution in [0.1, 0.15) is 49.9 Å². The second-order valence-electron chi connectivity index (χ2n) is 5.88. The van der Waals surface area contributed by atoms with Gasteiger partial charge in [0.15, 0.2) is 5.78 Å². The van der Waals surface area contributed by atoms with E-state index in [9.17, 15) is 13.2 Å². The van der Waals surface area contributed by atoms with Crippen molar-refractivity contribution in [2.24, 2.45) is 11.8 Å². The fraction of sp³-hybridized carbons (Fsp3) is 0.562. The van der Waals surface area contributed by atoms with Crippen molar-refractivity contribution < 1.29 is 13.2 Å². The highest BCUT2D eigenvalue weighted by Gasteiger charge is 2.30. The van der Waals surface area contributed by atoms with Crippen LogP contribution < -0.4 is 4.72 Å². The van der Waals surface area contributed by atoms with Crippen LogP contribution in [-0.2, 0) is 10.0 Å². The molecule has 0 radical (unpaired) electrons. The van der Waals surface area contributed by atoms with E-state index in [1.54, 1.807) is 24.3 Å². The lowest BCUT2D eigenvalue weighted by Crippen LogP contribution is -2.18. The highest BCUT2D eigenvalue weighted by atomic mass is 32.2. The zero-order valence-electron chi connectivity index (χ0n) is 12.6. The predicted octanol–water partition coefficient (Wildman–Crippen LogP) is 3.46. The normalized spacial score (nSPS) is 22.2. The molecule has 21 heavy (non-hydrogen) atoms. The van der Waals surface area contributed by atoms with Crippen LogP contribution in [0.5, 0.6) is 0 Å². The van der Waals surface area contributed by atoms with Crippen molar-refractivity contribution in [3.8, 4) is 0 Å². The molecule has 2 atom stereocenters. The van der Waals surface area contributed by atoms with Gasteiger partial charge in [0, 0.05) is 17.2 Å². The second kappa shape index (κ2) is 6.60. The minimum Gasteiger partial charge on any atom is -0.294 e.